The quantitative estimate of drug-likeness (QED) is 0.247. The lowest BCUT2D eigenvalue weighted by molar-refractivity contribution is -0.126. The Balaban J connectivity index is 1.75. The van der Waals surface area contributed by atoms with E-state index in [9.17, 15) is 18.0 Å². The maximum Gasteiger partial charge on any atom is 0.264 e. The van der Waals surface area contributed by atoms with Crippen molar-refractivity contribution < 1.29 is 23.2 Å². The van der Waals surface area contributed by atoms with E-state index in [-0.39, 0.29) is 22.3 Å². The molecule has 0 bridgehead atoms. The fourth-order valence-corrected chi connectivity index (χ4v) is 5.75. The van der Waals surface area contributed by atoms with E-state index in [2.05, 4.69) is 10.6 Å². The van der Waals surface area contributed by atoms with Crippen molar-refractivity contribution >= 4 is 50.9 Å². The number of halogens is 1. The summed E-state index contributed by atoms with van der Waals surface area (Å²) < 4.78 is 27.7. The van der Waals surface area contributed by atoms with Gasteiger partial charge in [-0.05, 0) is 29.3 Å². The Kier molecular flexibility index (Phi) is 8.01. The number of para-hydroxylation sites is 1. The summed E-state index contributed by atoms with van der Waals surface area (Å²) in [6.45, 7) is 0.675. The van der Waals surface area contributed by atoms with Crippen LogP contribution in [0, 0.1) is 0 Å². The van der Waals surface area contributed by atoms with Gasteiger partial charge in [0, 0.05) is 25.2 Å². The van der Waals surface area contributed by atoms with Crippen molar-refractivity contribution in [1.29, 1.82) is 0 Å². The molecule has 1 aliphatic rings. The molecule has 0 aliphatic carbocycles. The molecule has 0 spiro atoms. The summed E-state index contributed by atoms with van der Waals surface area (Å²) in [6, 6.07) is 11.6. The third-order valence-electron chi connectivity index (χ3n) is 4.90. The van der Waals surface area contributed by atoms with Crippen molar-refractivity contribution in [2.75, 3.05) is 35.9 Å². The van der Waals surface area contributed by atoms with E-state index in [1.165, 1.54) is 22.9 Å². The molecule has 0 aromatic heterocycles. The molecule has 2 aromatic carbocycles. The molecule has 2 amide bonds. The molecule has 0 saturated heterocycles. The van der Waals surface area contributed by atoms with Gasteiger partial charge in [-0.15, -0.1) is 11.8 Å². The normalized spacial score (nSPS) is 16.5. The lowest BCUT2D eigenvalue weighted by Crippen LogP contribution is -2.35. The Morgan fingerprint density at radius 1 is 1.09 bits per heavy atom. The zero-order valence-corrected chi connectivity index (χ0v) is 19.6. The highest BCUT2D eigenvalue weighted by Crippen LogP contribution is 2.40. The van der Waals surface area contributed by atoms with Crippen molar-refractivity contribution in [3.05, 3.63) is 58.6 Å². The Morgan fingerprint density at radius 2 is 1.81 bits per heavy atom. The average Bonchev–Trinajstić information content (AvgIpc) is 2.84. The van der Waals surface area contributed by atoms with Crippen LogP contribution in [0.1, 0.15) is 17.2 Å². The van der Waals surface area contributed by atoms with Crippen LogP contribution < -0.4 is 20.4 Å². The first-order valence-corrected chi connectivity index (χ1v) is 12.6. The number of nitrogens with zero attached hydrogens (tertiary/aromatic N) is 1. The van der Waals surface area contributed by atoms with Gasteiger partial charge < -0.3 is 10.6 Å². The Hall–Kier alpha value is -2.31. The molecule has 2 aromatic rings. The first-order chi connectivity index (χ1) is 15.3. The fourth-order valence-electron chi connectivity index (χ4n) is 3.39. The van der Waals surface area contributed by atoms with Crippen molar-refractivity contribution in [3.8, 4) is 0 Å². The number of carbonyl (C=O) groups excluding carboxylic acids is 2. The van der Waals surface area contributed by atoms with Gasteiger partial charge in [0.25, 0.3) is 15.9 Å². The molecule has 3 rings (SSSR count). The van der Waals surface area contributed by atoms with E-state index < -0.39 is 22.0 Å². The summed E-state index contributed by atoms with van der Waals surface area (Å²) in [5.74, 6) is -0.777. The first-order valence-electron chi connectivity index (χ1n) is 9.63. The van der Waals surface area contributed by atoms with Gasteiger partial charge in [0.05, 0.1) is 28.1 Å². The van der Waals surface area contributed by atoms with Crippen LogP contribution in [-0.2, 0) is 19.6 Å². The van der Waals surface area contributed by atoms with Gasteiger partial charge in [0.15, 0.2) is 0 Å². The molecule has 0 fully saturated rings. The average molecular weight is 499 g/mol. The minimum absolute atomic E-state index is 0.0254. The standard InChI is InChI=1S/C20H23ClN4O5S2/c1-25-16-5-3-2-4-14(16)20(15-7-6-13(21)10-17(15)32(25,29)30)23-9-8-22-18(26)11-31-12-19(27)24-28/h2-7,10,20,23,28H,8-9,11-12H2,1H3,(H,22,26)(H,24,27). The molecule has 32 heavy (non-hydrogen) atoms. The van der Waals surface area contributed by atoms with Crippen LogP contribution >= 0.6 is 23.4 Å². The number of anilines is 1. The van der Waals surface area contributed by atoms with Crippen molar-refractivity contribution in [3.63, 3.8) is 0 Å². The number of hydrogen-bond donors (Lipinski definition) is 4. The third kappa shape index (κ3) is 5.36. The minimum Gasteiger partial charge on any atom is -0.354 e. The second-order valence-electron chi connectivity index (χ2n) is 6.98. The largest absolute Gasteiger partial charge is 0.354 e. The molecular weight excluding hydrogens is 476 g/mol. The van der Waals surface area contributed by atoms with Gasteiger partial charge in [-0.3, -0.25) is 19.1 Å². The maximum atomic E-state index is 13.2. The van der Waals surface area contributed by atoms with E-state index in [1.54, 1.807) is 24.3 Å². The van der Waals surface area contributed by atoms with Gasteiger partial charge in [-0.2, -0.15) is 0 Å². The molecule has 9 nitrogen and oxygen atoms in total. The predicted molar refractivity (Wildman–Crippen MR) is 124 cm³/mol. The topological polar surface area (TPSA) is 128 Å². The van der Waals surface area contributed by atoms with E-state index in [4.69, 9.17) is 16.8 Å². The van der Waals surface area contributed by atoms with Crippen LogP contribution in [0.3, 0.4) is 0 Å². The van der Waals surface area contributed by atoms with Crippen LogP contribution in [0.5, 0.6) is 0 Å². The number of sulfonamides is 1. The molecule has 172 valence electrons. The minimum atomic E-state index is -3.80. The Bertz CT molecular complexity index is 1110. The van der Waals surface area contributed by atoms with Gasteiger partial charge in [-0.25, -0.2) is 13.9 Å². The van der Waals surface area contributed by atoms with Crippen molar-refractivity contribution in [2.24, 2.45) is 0 Å². The predicted octanol–water partition coefficient (Wildman–Crippen LogP) is 1.51. The van der Waals surface area contributed by atoms with Gasteiger partial charge >= 0.3 is 0 Å². The van der Waals surface area contributed by atoms with Crippen LogP contribution in [0.2, 0.25) is 5.02 Å². The summed E-state index contributed by atoms with van der Waals surface area (Å²) >= 11 is 7.18. The second-order valence-corrected chi connectivity index (χ2v) is 10.3. The van der Waals surface area contributed by atoms with Crippen LogP contribution in [-0.4, -0.2) is 57.1 Å². The van der Waals surface area contributed by atoms with Crippen LogP contribution in [0.25, 0.3) is 0 Å². The lowest BCUT2D eigenvalue weighted by Gasteiger charge is -2.22. The lowest BCUT2D eigenvalue weighted by atomic mass is 9.97. The number of fused-ring (bicyclic) bond motifs is 2. The maximum absolute atomic E-state index is 13.2. The smallest absolute Gasteiger partial charge is 0.264 e. The number of nitrogens with one attached hydrogen (secondary N) is 3. The number of rotatable bonds is 8. The number of carbonyl (C=O) groups is 2. The van der Waals surface area contributed by atoms with Crippen LogP contribution in [0.15, 0.2) is 47.4 Å². The molecular formula is C20H23ClN4O5S2. The summed E-state index contributed by atoms with van der Waals surface area (Å²) in [4.78, 5) is 23.0. The molecule has 1 aliphatic heterocycles. The monoisotopic (exact) mass is 498 g/mol. The Labute approximate surface area is 195 Å². The van der Waals surface area contributed by atoms with E-state index in [0.29, 0.717) is 29.4 Å². The molecule has 4 N–H and O–H groups in total. The van der Waals surface area contributed by atoms with Crippen molar-refractivity contribution in [2.45, 2.75) is 10.9 Å². The highest BCUT2D eigenvalue weighted by atomic mass is 35.5. The van der Waals surface area contributed by atoms with Crippen LogP contribution in [0.4, 0.5) is 5.69 Å². The van der Waals surface area contributed by atoms with Gasteiger partial charge in [0.1, 0.15) is 0 Å². The van der Waals surface area contributed by atoms with Gasteiger partial charge in [0.2, 0.25) is 5.91 Å². The summed E-state index contributed by atoms with van der Waals surface area (Å²) in [5.41, 5.74) is 3.42. The molecule has 0 radical (unpaired) electrons. The van der Waals surface area contributed by atoms with E-state index in [0.717, 1.165) is 17.3 Å². The number of hydroxylamine groups is 1. The summed E-state index contributed by atoms with van der Waals surface area (Å²) in [7, 11) is -2.29. The van der Waals surface area contributed by atoms with Crippen molar-refractivity contribution in [1.82, 2.24) is 16.1 Å². The Morgan fingerprint density at radius 3 is 2.56 bits per heavy atom. The molecule has 12 heteroatoms. The first kappa shape index (κ1) is 24.3. The highest BCUT2D eigenvalue weighted by molar-refractivity contribution is 8.00. The fraction of sp³-hybridized carbons (Fsp3) is 0.300. The summed E-state index contributed by atoms with van der Waals surface area (Å²) in [5, 5.41) is 14.9. The van der Waals surface area contributed by atoms with E-state index >= 15 is 0 Å². The zero-order valence-electron chi connectivity index (χ0n) is 17.2. The number of amides is 2. The SMILES string of the molecule is CN1c2ccccc2C(NCCNC(=O)CSCC(=O)NO)c2ccc(Cl)cc2S1(=O)=O. The molecule has 1 heterocycles. The molecule has 1 unspecified atom stereocenters. The number of hydrogen-bond acceptors (Lipinski definition) is 7. The van der Waals surface area contributed by atoms with Gasteiger partial charge in [-0.1, -0.05) is 35.9 Å². The summed E-state index contributed by atoms with van der Waals surface area (Å²) in [6.07, 6.45) is 0. The second kappa shape index (κ2) is 10.5. The zero-order chi connectivity index (χ0) is 23.3. The van der Waals surface area contributed by atoms with E-state index in [1.807, 2.05) is 12.1 Å². The number of thioether (sulfide) groups is 1. The number of benzene rings is 2. The highest BCUT2D eigenvalue weighted by Gasteiger charge is 2.34. The third-order valence-corrected chi connectivity index (χ3v) is 7.89. The molecule has 0 saturated carbocycles. The molecule has 1 atom stereocenters.